The third kappa shape index (κ3) is 1.90. The maximum atomic E-state index is 5.58. The number of hydrogen-bond donors (Lipinski definition) is 0. The zero-order valence-electron chi connectivity index (χ0n) is 8.25. The number of hydrogen-bond acceptors (Lipinski definition) is 3. The van der Waals surface area contributed by atoms with Crippen LogP contribution in [0.15, 0.2) is 53.1 Å². The molecule has 0 aliphatic carbocycles. The van der Waals surface area contributed by atoms with Gasteiger partial charge in [0.05, 0.1) is 0 Å². The van der Waals surface area contributed by atoms with E-state index in [-0.39, 0.29) is 20.1 Å². The largest absolute Gasteiger partial charge is 0.435 e. The molecule has 0 N–H and O–H groups in total. The molecule has 0 aliphatic heterocycles. The molecule has 0 aliphatic rings. The first-order valence-electron chi connectivity index (χ1n) is 4.70. The van der Waals surface area contributed by atoms with E-state index in [1.165, 1.54) is 0 Å². The van der Waals surface area contributed by atoms with Crippen LogP contribution in [0.1, 0.15) is 0 Å². The third-order valence-corrected chi connectivity index (χ3v) is 2.18. The average molecular weight is 388 g/mol. The molecule has 4 heteroatoms. The molecule has 0 saturated heterocycles. The number of para-hydroxylation sites is 2. The van der Waals surface area contributed by atoms with Crippen molar-refractivity contribution in [1.29, 1.82) is 0 Å². The van der Waals surface area contributed by atoms with Crippen LogP contribution < -0.4 is 0 Å². The number of aromatic nitrogens is 2. The average Bonchev–Trinajstić information content (AvgIpc) is 2.74. The Morgan fingerprint density at radius 1 is 0.938 bits per heavy atom. The van der Waals surface area contributed by atoms with Crippen molar-refractivity contribution < 1.29 is 24.5 Å². The van der Waals surface area contributed by atoms with Crippen molar-refractivity contribution in [3.05, 3.63) is 48.7 Å². The number of oxazole rings is 1. The van der Waals surface area contributed by atoms with Gasteiger partial charge in [0.2, 0.25) is 5.89 Å². The predicted molar refractivity (Wildman–Crippen MR) is 57.2 cm³/mol. The van der Waals surface area contributed by atoms with E-state index < -0.39 is 0 Å². The van der Waals surface area contributed by atoms with Gasteiger partial charge in [-0.2, -0.15) is 0 Å². The Hall–Kier alpha value is -1.51. The Labute approximate surface area is 106 Å². The SMILES string of the molecule is [Ir].c1ccc(-c2nc3ccccc3o2)nc1. The first-order chi connectivity index (χ1) is 7.43. The summed E-state index contributed by atoms with van der Waals surface area (Å²) in [5.41, 5.74) is 2.41. The van der Waals surface area contributed by atoms with E-state index in [0.717, 1.165) is 16.8 Å². The summed E-state index contributed by atoms with van der Waals surface area (Å²) < 4.78 is 5.58. The molecular formula is C12H8IrN2O. The van der Waals surface area contributed by atoms with E-state index in [1.807, 2.05) is 42.5 Å². The Bertz CT molecular complexity index is 559. The molecule has 0 bridgehead atoms. The maximum absolute atomic E-state index is 5.58. The third-order valence-electron chi connectivity index (χ3n) is 2.18. The van der Waals surface area contributed by atoms with Crippen molar-refractivity contribution in [2.24, 2.45) is 0 Å². The van der Waals surface area contributed by atoms with Crippen LogP contribution in [0.3, 0.4) is 0 Å². The summed E-state index contributed by atoms with van der Waals surface area (Å²) >= 11 is 0. The fourth-order valence-electron chi connectivity index (χ4n) is 1.47. The quantitative estimate of drug-likeness (QED) is 0.644. The second kappa shape index (κ2) is 4.56. The standard InChI is InChI=1S/C12H8N2O.Ir/c1-2-7-11-9(5-1)14-12(15-11)10-6-3-4-8-13-10;/h1-8H;. The molecule has 0 spiro atoms. The Morgan fingerprint density at radius 3 is 2.50 bits per heavy atom. The van der Waals surface area contributed by atoms with Gasteiger partial charge in [0.1, 0.15) is 11.2 Å². The van der Waals surface area contributed by atoms with Gasteiger partial charge in [0.25, 0.3) is 0 Å². The molecule has 3 rings (SSSR count). The van der Waals surface area contributed by atoms with Crippen molar-refractivity contribution in [1.82, 2.24) is 9.97 Å². The number of benzene rings is 1. The summed E-state index contributed by atoms with van der Waals surface area (Å²) in [5, 5.41) is 0. The molecule has 0 unspecified atom stereocenters. The molecule has 2 aromatic heterocycles. The minimum atomic E-state index is 0. The molecule has 81 valence electrons. The number of fused-ring (bicyclic) bond motifs is 1. The normalized spacial score (nSPS) is 10.0. The van der Waals surface area contributed by atoms with Gasteiger partial charge >= 0.3 is 0 Å². The van der Waals surface area contributed by atoms with Crippen molar-refractivity contribution in [2.75, 3.05) is 0 Å². The summed E-state index contributed by atoms with van der Waals surface area (Å²) in [5.74, 6) is 0.566. The van der Waals surface area contributed by atoms with Crippen LogP contribution in [-0.4, -0.2) is 9.97 Å². The number of rotatable bonds is 1. The Balaban J connectivity index is 0.000000963. The molecule has 0 saturated carbocycles. The summed E-state index contributed by atoms with van der Waals surface area (Å²) in [6, 6.07) is 13.3. The van der Waals surface area contributed by atoms with Gasteiger partial charge < -0.3 is 4.42 Å². The van der Waals surface area contributed by atoms with E-state index >= 15 is 0 Å². The summed E-state index contributed by atoms with van der Waals surface area (Å²) in [4.78, 5) is 8.54. The molecule has 0 amide bonds. The van der Waals surface area contributed by atoms with Gasteiger partial charge in [-0.25, -0.2) is 4.98 Å². The first kappa shape index (κ1) is 11.0. The van der Waals surface area contributed by atoms with Crippen LogP contribution in [0.4, 0.5) is 0 Å². The molecule has 0 fully saturated rings. The van der Waals surface area contributed by atoms with E-state index in [2.05, 4.69) is 9.97 Å². The van der Waals surface area contributed by atoms with Crippen molar-refractivity contribution in [3.63, 3.8) is 0 Å². The Kier molecular flexibility index (Phi) is 3.13. The van der Waals surface area contributed by atoms with E-state index in [4.69, 9.17) is 4.42 Å². The fourth-order valence-corrected chi connectivity index (χ4v) is 1.47. The number of pyridine rings is 1. The van der Waals surface area contributed by atoms with E-state index in [0.29, 0.717) is 5.89 Å². The Morgan fingerprint density at radius 2 is 1.75 bits per heavy atom. The van der Waals surface area contributed by atoms with Crippen molar-refractivity contribution in [3.8, 4) is 11.6 Å². The van der Waals surface area contributed by atoms with Gasteiger partial charge in [-0.05, 0) is 24.3 Å². The number of nitrogens with zero attached hydrogens (tertiary/aromatic N) is 2. The monoisotopic (exact) mass is 389 g/mol. The molecule has 3 nitrogen and oxygen atoms in total. The topological polar surface area (TPSA) is 38.9 Å². The minimum Gasteiger partial charge on any atom is -0.435 e. The second-order valence-corrected chi connectivity index (χ2v) is 3.20. The van der Waals surface area contributed by atoms with Crippen LogP contribution in [-0.2, 0) is 20.1 Å². The van der Waals surface area contributed by atoms with Gasteiger partial charge in [0, 0.05) is 26.3 Å². The minimum absolute atomic E-state index is 0. The van der Waals surface area contributed by atoms with Crippen LogP contribution in [0.5, 0.6) is 0 Å². The van der Waals surface area contributed by atoms with E-state index in [1.54, 1.807) is 6.20 Å². The van der Waals surface area contributed by atoms with Crippen LogP contribution >= 0.6 is 0 Å². The molecule has 1 radical (unpaired) electrons. The van der Waals surface area contributed by atoms with Crippen LogP contribution in [0.25, 0.3) is 22.7 Å². The summed E-state index contributed by atoms with van der Waals surface area (Å²) in [6.07, 6.45) is 1.73. The van der Waals surface area contributed by atoms with Crippen LogP contribution in [0, 0.1) is 0 Å². The smallest absolute Gasteiger partial charge is 0.246 e. The zero-order valence-corrected chi connectivity index (χ0v) is 10.6. The second-order valence-electron chi connectivity index (χ2n) is 3.20. The van der Waals surface area contributed by atoms with E-state index in [9.17, 15) is 0 Å². The van der Waals surface area contributed by atoms with Gasteiger partial charge in [-0.15, -0.1) is 0 Å². The van der Waals surface area contributed by atoms with Gasteiger partial charge in [-0.1, -0.05) is 18.2 Å². The molecule has 3 aromatic rings. The summed E-state index contributed by atoms with van der Waals surface area (Å²) in [7, 11) is 0. The molecular weight excluding hydrogens is 380 g/mol. The predicted octanol–water partition coefficient (Wildman–Crippen LogP) is 2.89. The molecule has 2 heterocycles. The molecule has 1 aromatic carbocycles. The first-order valence-corrected chi connectivity index (χ1v) is 4.70. The summed E-state index contributed by atoms with van der Waals surface area (Å²) in [6.45, 7) is 0. The van der Waals surface area contributed by atoms with Gasteiger partial charge in [-0.3, -0.25) is 4.98 Å². The molecule has 0 atom stereocenters. The van der Waals surface area contributed by atoms with Gasteiger partial charge in [0.15, 0.2) is 5.58 Å². The van der Waals surface area contributed by atoms with Crippen LogP contribution in [0.2, 0.25) is 0 Å². The maximum Gasteiger partial charge on any atom is 0.246 e. The van der Waals surface area contributed by atoms with Crippen molar-refractivity contribution >= 4 is 11.1 Å². The zero-order chi connectivity index (χ0) is 10.1. The van der Waals surface area contributed by atoms with Crippen molar-refractivity contribution in [2.45, 2.75) is 0 Å². The fraction of sp³-hybridized carbons (Fsp3) is 0. The molecule has 16 heavy (non-hydrogen) atoms.